The largest absolute Gasteiger partial charge is 0.496 e. The summed E-state index contributed by atoms with van der Waals surface area (Å²) in [7, 11) is 1.93. The highest BCUT2D eigenvalue weighted by molar-refractivity contribution is 6.58. The fourth-order valence-electron chi connectivity index (χ4n) is 2.87. The molecule has 0 aliphatic carbocycles. The van der Waals surface area contributed by atoms with E-state index in [2.05, 4.69) is 11.8 Å². The molecule has 2 N–H and O–H groups in total. The van der Waals surface area contributed by atoms with E-state index in [9.17, 15) is 10.0 Å². The quantitative estimate of drug-likeness (QED) is 0.761. The summed E-state index contributed by atoms with van der Waals surface area (Å²) in [6, 6.07) is 5.25. The van der Waals surface area contributed by atoms with Gasteiger partial charge in [0.1, 0.15) is 5.75 Å². The second kappa shape index (κ2) is 7.27. The van der Waals surface area contributed by atoms with Gasteiger partial charge >= 0.3 is 7.12 Å². The molecule has 5 nitrogen and oxygen atoms in total. The fraction of sp³-hybridized carbons (Fsp3) is 0.600. The van der Waals surface area contributed by atoms with E-state index in [1.54, 1.807) is 32.4 Å². The number of likely N-dealkylation sites (tertiary alicyclic amines) is 1. The highest BCUT2D eigenvalue weighted by Gasteiger charge is 2.26. The number of benzene rings is 1. The Labute approximate surface area is 126 Å². The molecule has 1 aliphatic heterocycles. The van der Waals surface area contributed by atoms with Gasteiger partial charge in [0.2, 0.25) is 0 Å². The Morgan fingerprint density at radius 1 is 1.33 bits per heavy atom. The Bertz CT molecular complexity index is 469. The lowest BCUT2D eigenvalue weighted by Gasteiger charge is -2.36. The van der Waals surface area contributed by atoms with Crippen LogP contribution in [0.5, 0.6) is 5.75 Å². The van der Waals surface area contributed by atoms with Crippen molar-refractivity contribution in [2.24, 2.45) is 5.92 Å². The second-order valence-electron chi connectivity index (χ2n) is 5.72. The molecule has 0 bridgehead atoms. The summed E-state index contributed by atoms with van der Waals surface area (Å²) >= 11 is 0. The Morgan fingerprint density at radius 2 is 2.10 bits per heavy atom. The number of methoxy groups -OCH3 is 2. The summed E-state index contributed by atoms with van der Waals surface area (Å²) in [6.45, 7) is 4.83. The van der Waals surface area contributed by atoms with Crippen LogP contribution in [0.15, 0.2) is 18.2 Å². The first-order valence-corrected chi connectivity index (χ1v) is 7.33. The van der Waals surface area contributed by atoms with Crippen LogP contribution in [-0.4, -0.2) is 55.5 Å². The molecular formula is C15H24BNO4. The van der Waals surface area contributed by atoms with Crippen LogP contribution in [0.3, 0.4) is 0 Å². The summed E-state index contributed by atoms with van der Waals surface area (Å²) in [4.78, 5) is 2.32. The topological polar surface area (TPSA) is 62.2 Å². The molecule has 1 aromatic rings. The highest BCUT2D eigenvalue weighted by atomic mass is 16.5. The molecule has 1 heterocycles. The van der Waals surface area contributed by atoms with Crippen molar-refractivity contribution < 1.29 is 19.5 Å². The maximum absolute atomic E-state index is 9.31. The lowest BCUT2D eigenvalue weighted by molar-refractivity contribution is -0.00761. The van der Waals surface area contributed by atoms with Crippen molar-refractivity contribution in [3.63, 3.8) is 0 Å². The minimum absolute atomic E-state index is 0.247. The van der Waals surface area contributed by atoms with Crippen LogP contribution in [0.2, 0.25) is 0 Å². The van der Waals surface area contributed by atoms with Crippen molar-refractivity contribution in [1.29, 1.82) is 0 Å². The van der Waals surface area contributed by atoms with Crippen LogP contribution >= 0.6 is 0 Å². The van der Waals surface area contributed by atoms with Gasteiger partial charge in [-0.05, 0) is 30.4 Å². The normalized spacial score (nSPS) is 23.1. The van der Waals surface area contributed by atoms with Gasteiger partial charge in [0.15, 0.2) is 0 Å². The molecule has 0 spiro atoms. The molecule has 1 aromatic carbocycles. The number of ether oxygens (including phenoxy) is 2. The zero-order chi connectivity index (χ0) is 15.4. The van der Waals surface area contributed by atoms with Crippen LogP contribution in [0.1, 0.15) is 18.9 Å². The van der Waals surface area contributed by atoms with Gasteiger partial charge in [-0.3, -0.25) is 4.90 Å². The molecule has 1 aliphatic rings. The van der Waals surface area contributed by atoms with Gasteiger partial charge < -0.3 is 19.5 Å². The first kappa shape index (κ1) is 16.3. The van der Waals surface area contributed by atoms with Crippen LogP contribution in [0.25, 0.3) is 0 Å². The molecule has 1 saturated heterocycles. The van der Waals surface area contributed by atoms with E-state index in [1.165, 1.54) is 0 Å². The van der Waals surface area contributed by atoms with Crippen LogP contribution in [-0.2, 0) is 11.3 Å². The van der Waals surface area contributed by atoms with Gasteiger partial charge in [-0.1, -0.05) is 19.1 Å². The Morgan fingerprint density at radius 3 is 2.71 bits per heavy atom. The van der Waals surface area contributed by atoms with E-state index in [0.717, 1.165) is 37.4 Å². The standard InChI is InChI=1S/C15H24BNO4/c1-11-6-7-17(10-15(11)21-3)9-12-8-13(16(18)19)4-5-14(12)20-2/h4-5,8,11,15,18-19H,6-7,9-10H2,1-3H3. The molecular weight excluding hydrogens is 269 g/mol. The molecule has 1 fully saturated rings. The molecule has 0 radical (unpaired) electrons. The van der Waals surface area contributed by atoms with E-state index in [0.29, 0.717) is 11.4 Å². The van der Waals surface area contributed by atoms with Crippen LogP contribution in [0, 0.1) is 5.92 Å². The van der Waals surface area contributed by atoms with Crippen molar-refractivity contribution in [3.8, 4) is 5.75 Å². The molecule has 2 atom stereocenters. The maximum atomic E-state index is 9.31. The van der Waals surface area contributed by atoms with E-state index < -0.39 is 7.12 Å². The van der Waals surface area contributed by atoms with Gasteiger partial charge in [0.25, 0.3) is 0 Å². The molecule has 2 rings (SSSR count). The highest BCUT2D eigenvalue weighted by Crippen LogP contribution is 2.24. The van der Waals surface area contributed by atoms with E-state index in [1.807, 2.05) is 0 Å². The average molecular weight is 293 g/mol. The zero-order valence-electron chi connectivity index (χ0n) is 13.0. The van der Waals surface area contributed by atoms with Gasteiger partial charge in [-0.15, -0.1) is 0 Å². The fourth-order valence-corrected chi connectivity index (χ4v) is 2.87. The summed E-state index contributed by atoms with van der Waals surface area (Å²) in [5.74, 6) is 1.34. The molecule has 6 heteroatoms. The number of rotatable bonds is 5. The maximum Gasteiger partial charge on any atom is 0.488 e. The van der Waals surface area contributed by atoms with Crippen molar-refractivity contribution in [2.45, 2.75) is 26.0 Å². The number of nitrogens with zero attached hydrogens (tertiary/aromatic N) is 1. The van der Waals surface area contributed by atoms with Crippen LogP contribution < -0.4 is 10.2 Å². The molecule has 2 unspecified atom stereocenters. The minimum atomic E-state index is -1.46. The Hall–Kier alpha value is -1.08. The molecule has 21 heavy (non-hydrogen) atoms. The van der Waals surface area contributed by atoms with Gasteiger partial charge in [-0.2, -0.15) is 0 Å². The van der Waals surface area contributed by atoms with Gasteiger partial charge in [-0.25, -0.2) is 0 Å². The Kier molecular flexibility index (Phi) is 5.64. The average Bonchev–Trinajstić information content (AvgIpc) is 2.49. The summed E-state index contributed by atoms with van der Waals surface area (Å²) in [5, 5.41) is 18.6. The molecule has 0 amide bonds. The van der Waals surface area contributed by atoms with Crippen molar-refractivity contribution in [3.05, 3.63) is 23.8 Å². The lowest BCUT2D eigenvalue weighted by Crippen LogP contribution is -2.43. The number of piperidine rings is 1. The predicted octanol–water partition coefficient (Wildman–Crippen LogP) is 0.232. The van der Waals surface area contributed by atoms with Crippen LogP contribution in [0.4, 0.5) is 0 Å². The third-order valence-electron chi connectivity index (χ3n) is 4.27. The predicted molar refractivity (Wildman–Crippen MR) is 82.7 cm³/mol. The zero-order valence-corrected chi connectivity index (χ0v) is 13.0. The SMILES string of the molecule is COc1ccc(B(O)O)cc1CN1CCC(C)C(OC)C1. The molecule has 0 aromatic heterocycles. The van der Waals surface area contributed by atoms with E-state index >= 15 is 0 Å². The summed E-state index contributed by atoms with van der Waals surface area (Å²) < 4.78 is 10.9. The van der Waals surface area contributed by atoms with Crippen molar-refractivity contribution >= 4 is 12.6 Å². The minimum Gasteiger partial charge on any atom is -0.496 e. The third kappa shape index (κ3) is 3.98. The molecule has 116 valence electrons. The van der Waals surface area contributed by atoms with E-state index in [-0.39, 0.29) is 6.10 Å². The van der Waals surface area contributed by atoms with Crippen molar-refractivity contribution in [1.82, 2.24) is 4.90 Å². The monoisotopic (exact) mass is 293 g/mol. The second-order valence-corrected chi connectivity index (χ2v) is 5.72. The lowest BCUT2D eigenvalue weighted by atomic mass is 9.79. The number of hydrogen-bond acceptors (Lipinski definition) is 5. The van der Waals surface area contributed by atoms with Gasteiger partial charge in [0, 0.05) is 25.8 Å². The van der Waals surface area contributed by atoms with E-state index in [4.69, 9.17) is 9.47 Å². The number of hydrogen-bond donors (Lipinski definition) is 2. The van der Waals surface area contributed by atoms with Gasteiger partial charge in [0.05, 0.1) is 13.2 Å². The summed E-state index contributed by atoms with van der Waals surface area (Å²) in [6.07, 6.45) is 1.35. The summed E-state index contributed by atoms with van der Waals surface area (Å²) in [5.41, 5.74) is 1.45. The first-order chi connectivity index (χ1) is 10.0. The Balaban J connectivity index is 2.12. The first-order valence-electron chi connectivity index (χ1n) is 7.33. The third-order valence-corrected chi connectivity index (χ3v) is 4.27. The smallest absolute Gasteiger partial charge is 0.488 e. The van der Waals surface area contributed by atoms with Crippen molar-refractivity contribution in [2.75, 3.05) is 27.3 Å². The molecule has 0 saturated carbocycles.